The SMILES string of the molecule is C[C@@H](Oc1cc(Br)cnc1[N+](=O)[O-])c1ccc(F)cc1-c1nn(C)nc1Cc1cc2n(n1)CCCO2. The molecule has 0 saturated heterocycles. The van der Waals surface area contributed by atoms with Gasteiger partial charge in [-0.1, -0.05) is 6.07 Å². The highest BCUT2D eigenvalue weighted by Gasteiger charge is 2.25. The minimum Gasteiger partial charge on any atom is -0.478 e. The summed E-state index contributed by atoms with van der Waals surface area (Å²) in [4.78, 5) is 16.1. The first kappa shape index (κ1) is 23.9. The van der Waals surface area contributed by atoms with E-state index in [1.54, 1.807) is 20.0 Å². The van der Waals surface area contributed by atoms with E-state index in [1.807, 2.05) is 10.7 Å². The van der Waals surface area contributed by atoms with Crippen LogP contribution in [0.25, 0.3) is 11.3 Å². The van der Waals surface area contributed by atoms with Crippen LogP contribution in [0.1, 0.15) is 36.4 Å². The molecule has 0 saturated carbocycles. The smallest absolute Gasteiger partial charge is 0.406 e. The number of ether oxygens (including phenoxy) is 2. The minimum absolute atomic E-state index is 0.0138. The van der Waals surface area contributed by atoms with Gasteiger partial charge in [0.2, 0.25) is 11.6 Å². The molecule has 4 heterocycles. The van der Waals surface area contributed by atoms with Crippen LogP contribution < -0.4 is 9.47 Å². The molecule has 1 aromatic carbocycles. The van der Waals surface area contributed by atoms with Crippen LogP contribution in [-0.2, 0) is 20.0 Å². The van der Waals surface area contributed by atoms with Gasteiger partial charge in [0.15, 0.2) is 6.20 Å². The fraction of sp³-hybridized carbons (Fsp3) is 0.304. The van der Waals surface area contributed by atoms with Crippen molar-refractivity contribution in [2.45, 2.75) is 32.4 Å². The highest BCUT2D eigenvalue weighted by atomic mass is 79.9. The number of rotatable bonds is 7. The third-order valence-corrected chi connectivity index (χ3v) is 6.11. The first-order valence-corrected chi connectivity index (χ1v) is 11.9. The Bertz CT molecular complexity index is 1430. The van der Waals surface area contributed by atoms with Crippen molar-refractivity contribution in [1.82, 2.24) is 29.8 Å². The molecule has 4 aromatic rings. The first-order valence-electron chi connectivity index (χ1n) is 11.1. The molecule has 0 bridgehead atoms. The van der Waals surface area contributed by atoms with Gasteiger partial charge in [-0.25, -0.2) is 9.07 Å². The summed E-state index contributed by atoms with van der Waals surface area (Å²) in [6.45, 7) is 3.15. The molecule has 3 aromatic heterocycles. The Morgan fingerprint density at radius 3 is 2.89 bits per heavy atom. The Morgan fingerprint density at radius 1 is 1.28 bits per heavy atom. The van der Waals surface area contributed by atoms with Gasteiger partial charge in [0.1, 0.15) is 17.6 Å². The Hall–Kier alpha value is -3.87. The maximum absolute atomic E-state index is 14.4. The van der Waals surface area contributed by atoms with E-state index in [1.165, 1.54) is 29.2 Å². The number of nitrogens with zero attached hydrogens (tertiary/aromatic N) is 7. The zero-order valence-corrected chi connectivity index (χ0v) is 21.0. The van der Waals surface area contributed by atoms with Gasteiger partial charge < -0.3 is 19.6 Å². The van der Waals surface area contributed by atoms with E-state index in [9.17, 15) is 14.5 Å². The summed E-state index contributed by atoms with van der Waals surface area (Å²) in [6, 6.07) is 7.59. The molecule has 0 aliphatic carbocycles. The van der Waals surface area contributed by atoms with Crippen molar-refractivity contribution in [3.05, 3.63) is 73.9 Å². The molecule has 13 heteroatoms. The number of halogens is 2. The molecule has 0 spiro atoms. The van der Waals surface area contributed by atoms with Gasteiger partial charge >= 0.3 is 5.82 Å². The molecule has 5 rings (SSSR count). The van der Waals surface area contributed by atoms with E-state index in [4.69, 9.17) is 9.47 Å². The van der Waals surface area contributed by atoms with Crippen molar-refractivity contribution in [1.29, 1.82) is 0 Å². The fourth-order valence-electron chi connectivity index (χ4n) is 4.13. The number of aromatic nitrogens is 6. The third-order valence-electron chi connectivity index (χ3n) is 5.67. The quantitative estimate of drug-likeness (QED) is 0.242. The summed E-state index contributed by atoms with van der Waals surface area (Å²) >= 11 is 3.26. The predicted molar refractivity (Wildman–Crippen MR) is 129 cm³/mol. The van der Waals surface area contributed by atoms with E-state index in [0.29, 0.717) is 45.9 Å². The molecule has 11 nitrogen and oxygen atoms in total. The van der Waals surface area contributed by atoms with Crippen LogP contribution in [0, 0.1) is 15.9 Å². The summed E-state index contributed by atoms with van der Waals surface area (Å²) in [7, 11) is 1.68. The van der Waals surface area contributed by atoms with Crippen molar-refractivity contribution < 1.29 is 18.8 Å². The summed E-state index contributed by atoms with van der Waals surface area (Å²) in [5.74, 6) is -0.183. The van der Waals surface area contributed by atoms with E-state index in [0.717, 1.165) is 18.7 Å². The van der Waals surface area contributed by atoms with Gasteiger partial charge in [0.25, 0.3) is 0 Å². The molecule has 0 amide bonds. The zero-order chi connectivity index (χ0) is 25.4. The highest BCUT2D eigenvalue weighted by molar-refractivity contribution is 9.10. The van der Waals surface area contributed by atoms with Gasteiger partial charge in [-0.15, -0.1) is 0 Å². The largest absolute Gasteiger partial charge is 0.478 e. The van der Waals surface area contributed by atoms with E-state index >= 15 is 0 Å². The predicted octanol–water partition coefficient (Wildman–Crippen LogP) is 4.40. The van der Waals surface area contributed by atoms with Crippen molar-refractivity contribution in [3.63, 3.8) is 0 Å². The number of fused-ring (bicyclic) bond motifs is 1. The average Bonchev–Trinajstić information content (AvgIpc) is 3.41. The van der Waals surface area contributed by atoms with Gasteiger partial charge in [-0.2, -0.15) is 20.1 Å². The number of aryl methyl sites for hydroxylation is 2. The number of nitro groups is 1. The molecule has 0 unspecified atom stereocenters. The number of pyridine rings is 1. The summed E-state index contributed by atoms with van der Waals surface area (Å²) in [5, 5.41) is 25.0. The molecular weight excluding hydrogens is 537 g/mol. The van der Waals surface area contributed by atoms with Crippen molar-refractivity contribution in [3.8, 4) is 22.9 Å². The monoisotopic (exact) mass is 557 g/mol. The number of hydrogen-bond acceptors (Lipinski definition) is 8. The van der Waals surface area contributed by atoms with Crippen LogP contribution in [0.2, 0.25) is 0 Å². The van der Waals surface area contributed by atoms with Crippen molar-refractivity contribution in [2.75, 3.05) is 6.61 Å². The Kier molecular flexibility index (Phi) is 6.39. The second-order valence-corrected chi connectivity index (χ2v) is 9.20. The summed E-state index contributed by atoms with van der Waals surface area (Å²) in [6.07, 6.45) is 1.88. The lowest BCUT2D eigenvalue weighted by Gasteiger charge is -2.18. The number of benzene rings is 1. The Morgan fingerprint density at radius 2 is 2.11 bits per heavy atom. The van der Waals surface area contributed by atoms with Gasteiger partial charge in [-0.3, -0.25) is 0 Å². The van der Waals surface area contributed by atoms with E-state index in [-0.39, 0.29) is 5.75 Å². The minimum atomic E-state index is -0.696. The maximum Gasteiger partial charge on any atom is 0.406 e. The molecule has 1 atom stereocenters. The van der Waals surface area contributed by atoms with Gasteiger partial charge in [-0.05, 0) is 44.9 Å². The van der Waals surface area contributed by atoms with Crippen molar-refractivity contribution in [2.24, 2.45) is 7.05 Å². The lowest BCUT2D eigenvalue weighted by atomic mass is 9.98. The Balaban J connectivity index is 1.51. The highest BCUT2D eigenvalue weighted by Crippen LogP contribution is 2.36. The van der Waals surface area contributed by atoms with E-state index < -0.39 is 22.7 Å². The average molecular weight is 558 g/mol. The fourth-order valence-corrected chi connectivity index (χ4v) is 4.44. The maximum atomic E-state index is 14.4. The third kappa shape index (κ3) is 4.78. The molecule has 1 aliphatic heterocycles. The van der Waals surface area contributed by atoms with Crippen LogP contribution >= 0.6 is 15.9 Å². The Labute approximate surface area is 213 Å². The number of hydrogen-bond donors (Lipinski definition) is 0. The zero-order valence-electron chi connectivity index (χ0n) is 19.4. The summed E-state index contributed by atoms with van der Waals surface area (Å²) in [5.41, 5.74) is 2.88. The van der Waals surface area contributed by atoms with Gasteiger partial charge in [0, 0.05) is 49.7 Å². The molecule has 1 aliphatic rings. The lowest BCUT2D eigenvalue weighted by molar-refractivity contribution is -0.390. The van der Waals surface area contributed by atoms with E-state index in [2.05, 4.69) is 36.2 Å². The molecule has 186 valence electrons. The second-order valence-electron chi connectivity index (χ2n) is 8.28. The lowest BCUT2D eigenvalue weighted by Crippen LogP contribution is -2.14. The van der Waals surface area contributed by atoms with Crippen LogP contribution in [0.3, 0.4) is 0 Å². The molecule has 36 heavy (non-hydrogen) atoms. The second kappa shape index (κ2) is 9.64. The summed E-state index contributed by atoms with van der Waals surface area (Å²) < 4.78 is 28.4. The standard InChI is InChI=1S/C23H21BrFN7O4/c1-13(36-20-8-14(24)12-26-23(20)32(33)34)17-5-4-15(25)9-18(17)22-19(28-30(2)29-22)10-16-11-21-31(27-16)6-3-7-35-21/h4-5,8-9,11-13H,3,6-7,10H2,1-2H3/t13-/m1/s1. The molecule has 0 fully saturated rings. The first-order chi connectivity index (χ1) is 17.3. The normalized spacial score (nSPS) is 13.7. The van der Waals surface area contributed by atoms with Crippen LogP contribution in [0.15, 0.2) is 41.0 Å². The van der Waals surface area contributed by atoms with Crippen LogP contribution in [-0.4, -0.2) is 41.3 Å². The molecule has 0 radical (unpaired) electrons. The molecular formula is C23H21BrFN7O4. The molecule has 0 N–H and O–H groups in total. The van der Waals surface area contributed by atoms with Gasteiger partial charge in [0.05, 0.1) is 22.5 Å². The van der Waals surface area contributed by atoms with Crippen molar-refractivity contribution >= 4 is 21.7 Å². The van der Waals surface area contributed by atoms with Crippen LogP contribution in [0.5, 0.6) is 11.6 Å². The topological polar surface area (TPSA) is 123 Å². The van der Waals surface area contributed by atoms with Crippen LogP contribution in [0.4, 0.5) is 10.2 Å².